The highest BCUT2D eigenvalue weighted by molar-refractivity contribution is 5.89. The monoisotopic (exact) mass is 362 g/mol. The summed E-state index contributed by atoms with van der Waals surface area (Å²) >= 11 is 0. The molecule has 0 aliphatic rings. The summed E-state index contributed by atoms with van der Waals surface area (Å²) in [5, 5.41) is 34.4. The zero-order chi connectivity index (χ0) is 19.7. The molecular weight excluding hydrogens is 349 g/mol. The molecule has 0 spiro atoms. The topological polar surface area (TPSA) is 204 Å². The number of carbonyl (C=O) groups excluding carboxylic acids is 1. The molecule has 138 valence electrons. The van der Waals surface area contributed by atoms with Crippen molar-refractivity contribution in [3.63, 3.8) is 0 Å². The van der Waals surface area contributed by atoms with Gasteiger partial charge in [-0.3, -0.25) is 14.4 Å². The molecule has 0 aromatic rings. The summed E-state index contributed by atoms with van der Waals surface area (Å²) in [7, 11) is 0. The second-order valence-corrected chi connectivity index (χ2v) is 4.01. The van der Waals surface area contributed by atoms with Crippen molar-refractivity contribution >= 4 is 29.8 Å². The van der Waals surface area contributed by atoms with Crippen molar-refractivity contribution < 1.29 is 57.6 Å². The van der Waals surface area contributed by atoms with Crippen molar-refractivity contribution in [2.75, 3.05) is 0 Å². The number of alkyl halides is 3. The van der Waals surface area contributed by atoms with Gasteiger partial charge in [0.05, 0.1) is 12.8 Å². The maximum absolute atomic E-state index is 11.1. The van der Waals surface area contributed by atoms with Crippen LogP contribution in [0.2, 0.25) is 0 Å². The zero-order valence-corrected chi connectivity index (χ0v) is 11.6. The van der Waals surface area contributed by atoms with Gasteiger partial charge in [-0.15, -0.1) is 0 Å². The number of carboxylic acids is 4. The molecule has 0 bridgehead atoms. The number of nitrogens with two attached hydrogens (primary N) is 1. The SMILES string of the molecule is N[C@H](CC(=O)N[C@@H](CC(=O)O)C(=O)O)C(=O)O.O=C(O)C(F)(F)F. The molecule has 0 aliphatic carbocycles. The van der Waals surface area contributed by atoms with E-state index in [1.165, 1.54) is 0 Å². The van der Waals surface area contributed by atoms with E-state index in [0.717, 1.165) is 0 Å². The van der Waals surface area contributed by atoms with Gasteiger partial charge in [0.2, 0.25) is 5.91 Å². The minimum absolute atomic E-state index is 0.626. The lowest BCUT2D eigenvalue weighted by atomic mass is 10.1. The molecule has 1 amide bonds. The third kappa shape index (κ3) is 11.7. The van der Waals surface area contributed by atoms with Gasteiger partial charge in [-0.05, 0) is 0 Å². The lowest BCUT2D eigenvalue weighted by Crippen LogP contribution is -2.45. The van der Waals surface area contributed by atoms with Crippen LogP contribution in [0.25, 0.3) is 0 Å². The minimum atomic E-state index is -5.08. The number of hydrogen-bond donors (Lipinski definition) is 6. The van der Waals surface area contributed by atoms with Gasteiger partial charge in [0.1, 0.15) is 12.1 Å². The van der Waals surface area contributed by atoms with Crippen LogP contribution in [-0.4, -0.2) is 68.5 Å². The van der Waals surface area contributed by atoms with Gasteiger partial charge in [0.15, 0.2) is 0 Å². The van der Waals surface area contributed by atoms with Crippen LogP contribution >= 0.6 is 0 Å². The molecule has 0 saturated heterocycles. The zero-order valence-electron chi connectivity index (χ0n) is 11.6. The molecule has 0 heterocycles. The molecule has 14 heteroatoms. The van der Waals surface area contributed by atoms with Crippen molar-refractivity contribution in [1.82, 2.24) is 5.32 Å². The van der Waals surface area contributed by atoms with Gasteiger partial charge in [-0.25, -0.2) is 9.59 Å². The van der Waals surface area contributed by atoms with Crippen molar-refractivity contribution in [3.05, 3.63) is 0 Å². The molecule has 0 unspecified atom stereocenters. The lowest BCUT2D eigenvalue weighted by Gasteiger charge is -2.13. The highest BCUT2D eigenvalue weighted by atomic mass is 19.4. The molecular formula is C10H13F3N2O9. The number of rotatable bonds is 7. The van der Waals surface area contributed by atoms with E-state index in [9.17, 15) is 32.3 Å². The Morgan fingerprint density at radius 1 is 0.917 bits per heavy atom. The molecule has 0 rings (SSSR count). The van der Waals surface area contributed by atoms with Crippen molar-refractivity contribution in [2.24, 2.45) is 5.73 Å². The number of carboxylic acid groups (broad SMARTS) is 4. The average Bonchev–Trinajstić information content (AvgIpc) is 2.36. The summed E-state index contributed by atoms with van der Waals surface area (Å²) in [5.74, 6) is -8.03. The van der Waals surface area contributed by atoms with Crippen LogP contribution in [0.1, 0.15) is 12.8 Å². The van der Waals surface area contributed by atoms with Gasteiger partial charge >= 0.3 is 30.1 Å². The Labute approximate surface area is 130 Å². The van der Waals surface area contributed by atoms with Gasteiger partial charge in [-0.1, -0.05) is 0 Å². The second-order valence-electron chi connectivity index (χ2n) is 4.01. The standard InChI is InChI=1S/C8H12N2O7.C2HF3O2/c9-3(7(14)15)1-5(11)10-4(8(16)17)2-6(12)13;3-2(4,5)1(6)7/h3-4H,1-2,9H2,(H,10,11)(H,12,13)(H,14,15)(H,16,17);(H,6,7)/t3-,4+;/m1./s1. The highest BCUT2D eigenvalue weighted by Crippen LogP contribution is 2.13. The van der Waals surface area contributed by atoms with Crippen LogP contribution in [0, 0.1) is 0 Å². The quantitative estimate of drug-likeness (QED) is 0.308. The fourth-order valence-corrected chi connectivity index (χ4v) is 0.915. The summed E-state index contributed by atoms with van der Waals surface area (Å²) in [6.45, 7) is 0. The molecule has 2 atom stereocenters. The van der Waals surface area contributed by atoms with Crippen LogP contribution in [0.3, 0.4) is 0 Å². The van der Waals surface area contributed by atoms with Crippen molar-refractivity contribution in [2.45, 2.75) is 31.1 Å². The van der Waals surface area contributed by atoms with E-state index in [0.29, 0.717) is 0 Å². The first-order valence-corrected chi connectivity index (χ1v) is 5.70. The van der Waals surface area contributed by atoms with Crippen molar-refractivity contribution in [1.29, 1.82) is 0 Å². The fourth-order valence-electron chi connectivity index (χ4n) is 0.915. The Balaban J connectivity index is 0. The van der Waals surface area contributed by atoms with Crippen LogP contribution in [0.15, 0.2) is 0 Å². The predicted molar refractivity (Wildman–Crippen MR) is 65.7 cm³/mol. The van der Waals surface area contributed by atoms with Crippen molar-refractivity contribution in [3.8, 4) is 0 Å². The first-order chi connectivity index (χ1) is 10.7. The number of amides is 1. The first-order valence-electron chi connectivity index (χ1n) is 5.70. The van der Waals surface area contributed by atoms with Crippen LogP contribution in [0.5, 0.6) is 0 Å². The summed E-state index contributed by atoms with van der Waals surface area (Å²) in [4.78, 5) is 51.2. The maximum Gasteiger partial charge on any atom is 0.490 e. The van der Waals surface area contributed by atoms with Gasteiger partial charge in [0, 0.05) is 0 Å². The Morgan fingerprint density at radius 3 is 1.58 bits per heavy atom. The van der Waals surface area contributed by atoms with E-state index in [-0.39, 0.29) is 0 Å². The van der Waals surface area contributed by atoms with Gasteiger partial charge in [0.25, 0.3) is 0 Å². The molecule has 0 radical (unpaired) electrons. The summed E-state index contributed by atoms with van der Waals surface area (Å²) in [5.41, 5.74) is 5.05. The van der Waals surface area contributed by atoms with E-state index in [1.54, 1.807) is 0 Å². The third-order valence-electron chi connectivity index (χ3n) is 1.98. The molecule has 0 aromatic heterocycles. The second kappa shape index (κ2) is 9.98. The number of halogens is 3. The van der Waals surface area contributed by atoms with Gasteiger partial charge < -0.3 is 31.5 Å². The smallest absolute Gasteiger partial charge is 0.481 e. The molecule has 0 fully saturated rings. The fraction of sp³-hybridized carbons (Fsp3) is 0.500. The highest BCUT2D eigenvalue weighted by Gasteiger charge is 2.38. The van der Waals surface area contributed by atoms with E-state index in [2.05, 4.69) is 0 Å². The van der Waals surface area contributed by atoms with E-state index >= 15 is 0 Å². The van der Waals surface area contributed by atoms with E-state index in [1.807, 2.05) is 5.32 Å². The molecule has 0 aromatic carbocycles. The third-order valence-corrected chi connectivity index (χ3v) is 1.98. The first kappa shape index (κ1) is 23.4. The number of nitrogens with one attached hydrogen (secondary N) is 1. The number of carbonyl (C=O) groups is 5. The maximum atomic E-state index is 11.1. The molecule has 11 nitrogen and oxygen atoms in total. The largest absolute Gasteiger partial charge is 0.490 e. The molecule has 7 N–H and O–H groups in total. The lowest BCUT2D eigenvalue weighted by molar-refractivity contribution is -0.192. The van der Waals surface area contributed by atoms with Crippen LogP contribution < -0.4 is 11.1 Å². The summed E-state index contributed by atoms with van der Waals surface area (Å²) in [6.07, 6.45) is -6.51. The normalized spacial score (nSPS) is 12.8. The Hall–Kier alpha value is -2.90. The van der Waals surface area contributed by atoms with Crippen LogP contribution in [-0.2, 0) is 24.0 Å². The Bertz CT molecular complexity index is 506. The Kier molecular flexibility index (Phi) is 9.72. The Morgan fingerprint density at radius 2 is 1.33 bits per heavy atom. The molecule has 24 heavy (non-hydrogen) atoms. The van der Waals surface area contributed by atoms with Gasteiger partial charge in [-0.2, -0.15) is 13.2 Å². The molecule has 0 saturated carbocycles. The number of hydrogen-bond acceptors (Lipinski definition) is 6. The van der Waals surface area contributed by atoms with E-state index < -0.39 is 60.9 Å². The van der Waals surface area contributed by atoms with E-state index in [4.69, 9.17) is 31.0 Å². The number of aliphatic carboxylic acids is 4. The van der Waals surface area contributed by atoms with Crippen LogP contribution in [0.4, 0.5) is 13.2 Å². The average molecular weight is 362 g/mol. The molecule has 0 aliphatic heterocycles. The predicted octanol–water partition coefficient (Wildman–Crippen LogP) is -1.53. The summed E-state index contributed by atoms with van der Waals surface area (Å²) < 4.78 is 31.7. The minimum Gasteiger partial charge on any atom is -0.481 e. The summed E-state index contributed by atoms with van der Waals surface area (Å²) in [6, 6.07) is -3.07.